The van der Waals surface area contributed by atoms with Gasteiger partial charge in [-0.2, -0.15) is 0 Å². The highest BCUT2D eigenvalue weighted by Crippen LogP contribution is 2.25. The van der Waals surface area contributed by atoms with Crippen molar-refractivity contribution in [3.8, 4) is 0 Å². The van der Waals surface area contributed by atoms with Gasteiger partial charge in [0.25, 0.3) is 0 Å². The predicted molar refractivity (Wildman–Crippen MR) is 76.4 cm³/mol. The lowest BCUT2D eigenvalue weighted by Crippen LogP contribution is -2.25. The topological polar surface area (TPSA) is 57.3 Å². The summed E-state index contributed by atoms with van der Waals surface area (Å²) in [5.41, 5.74) is 1.15. The van der Waals surface area contributed by atoms with Crippen LogP contribution in [0.4, 0.5) is 5.13 Å². The predicted octanol–water partition coefficient (Wildman–Crippen LogP) is 1.21. The maximum absolute atomic E-state index is 11.9. The smallest absolute Gasteiger partial charge is 0.227 e. The fourth-order valence-electron chi connectivity index (χ4n) is 2.63. The molecule has 5 nitrogen and oxygen atoms in total. The first-order valence-electron chi connectivity index (χ1n) is 7.03. The number of rotatable bonds is 4. The Bertz CT molecular complexity index is 430. The molecule has 0 radical (unpaired) electrons. The summed E-state index contributed by atoms with van der Waals surface area (Å²) < 4.78 is 0. The van der Waals surface area contributed by atoms with Crippen molar-refractivity contribution in [2.45, 2.75) is 32.2 Å². The van der Waals surface area contributed by atoms with E-state index in [1.165, 1.54) is 17.7 Å². The summed E-state index contributed by atoms with van der Waals surface area (Å²) in [4.78, 5) is 20.0. The Labute approximate surface area is 117 Å². The summed E-state index contributed by atoms with van der Waals surface area (Å²) in [5, 5.41) is 7.02. The van der Waals surface area contributed by atoms with Gasteiger partial charge in [-0.3, -0.25) is 4.79 Å². The number of hydrogen-bond acceptors (Lipinski definition) is 5. The average molecular weight is 280 g/mol. The molecule has 1 saturated heterocycles. The Morgan fingerprint density at radius 2 is 2.26 bits per heavy atom. The van der Waals surface area contributed by atoms with Crippen LogP contribution in [-0.4, -0.2) is 42.0 Å². The van der Waals surface area contributed by atoms with Crippen molar-refractivity contribution in [1.82, 2.24) is 15.2 Å². The van der Waals surface area contributed by atoms with Crippen molar-refractivity contribution in [1.29, 1.82) is 0 Å². The Morgan fingerprint density at radius 3 is 3.05 bits per heavy atom. The van der Waals surface area contributed by atoms with Crippen LogP contribution in [0.15, 0.2) is 0 Å². The molecule has 0 atom stereocenters. The number of anilines is 1. The van der Waals surface area contributed by atoms with Gasteiger partial charge in [0.1, 0.15) is 0 Å². The third-order valence-electron chi connectivity index (χ3n) is 3.70. The van der Waals surface area contributed by atoms with E-state index in [-0.39, 0.29) is 5.91 Å². The van der Waals surface area contributed by atoms with E-state index in [0.717, 1.165) is 50.0 Å². The standard InChI is InChI=1S/C13H20N4OS/c18-12(4-8-17-6-1-2-7-17)16-13-15-10-3-5-14-9-11(10)19-13/h14H,1-9H2,(H,15,16,18). The molecule has 3 rings (SSSR count). The minimum Gasteiger partial charge on any atom is -0.311 e. The number of hydrogen-bond donors (Lipinski definition) is 2. The van der Waals surface area contributed by atoms with Gasteiger partial charge in [-0.25, -0.2) is 4.98 Å². The van der Waals surface area contributed by atoms with Gasteiger partial charge < -0.3 is 15.5 Å². The van der Waals surface area contributed by atoms with Crippen LogP contribution in [0.1, 0.15) is 29.8 Å². The van der Waals surface area contributed by atoms with Gasteiger partial charge in [0.15, 0.2) is 5.13 Å². The SMILES string of the molecule is O=C(CCN1CCCC1)Nc1nc2c(s1)CNCC2. The van der Waals surface area contributed by atoms with Crippen LogP contribution in [0.3, 0.4) is 0 Å². The van der Waals surface area contributed by atoms with E-state index in [4.69, 9.17) is 0 Å². The Kier molecular flexibility index (Phi) is 4.10. The van der Waals surface area contributed by atoms with Crippen molar-refractivity contribution < 1.29 is 4.79 Å². The van der Waals surface area contributed by atoms with E-state index < -0.39 is 0 Å². The number of likely N-dealkylation sites (tertiary alicyclic amines) is 1. The van der Waals surface area contributed by atoms with Crippen molar-refractivity contribution >= 4 is 22.4 Å². The summed E-state index contributed by atoms with van der Waals surface area (Å²) in [7, 11) is 0. The van der Waals surface area contributed by atoms with Gasteiger partial charge in [0.05, 0.1) is 5.69 Å². The molecule has 0 aromatic carbocycles. The Morgan fingerprint density at radius 1 is 1.42 bits per heavy atom. The van der Waals surface area contributed by atoms with Crippen molar-refractivity contribution in [2.75, 3.05) is 31.5 Å². The van der Waals surface area contributed by atoms with E-state index in [9.17, 15) is 4.79 Å². The van der Waals surface area contributed by atoms with Gasteiger partial charge in [-0.15, -0.1) is 11.3 Å². The Hall–Kier alpha value is -0.980. The van der Waals surface area contributed by atoms with Gasteiger partial charge in [0.2, 0.25) is 5.91 Å². The fraction of sp³-hybridized carbons (Fsp3) is 0.692. The van der Waals surface area contributed by atoms with Crippen molar-refractivity contribution in [3.05, 3.63) is 10.6 Å². The molecule has 1 aromatic heterocycles. The van der Waals surface area contributed by atoms with Crippen molar-refractivity contribution in [2.24, 2.45) is 0 Å². The van der Waals surface area contributed by atoms with Crippen LogP contribution < -0.4 is 10.6 Å². The normalized spacial score (nSPS) is 19.4. The molecule has 1 aromatic rings. The maximum Gasteiger partial charge on any atom is 0.227 e. The molecule has 0 aliphatic carbocycles. The summed E-state index contributed by atoms with van der Waals surface area (Å²) in [6.45, 7) is 5.03. The molecule has 2 N–H and O–H groups in total. The molecule has 2 aliphatic rings. The number of amides is 1. The lowest BCUT2D eigenvalue weighted by molar-refractivity contribution is -0.116. The third kappa shape index (κ3) is 3.32. The van der Waals surface area contributed by atoms with Crippen LogP contribution >= 0.6 is 11.3 Å². The first-order chi connectivity index (χ1) is 9.31. The molecule has 6 heteroatoms. The molecule has 0 unspecified atom stereocenters. The first kappa shape index (κ1) is 13.0. The summed E-state index contributed by atoms with van der Waals surface area (Å²) in [6, 6.07) is 0. The summed E-state index contributed by atoms with van der Waals surface area (Å²) >= 11 is 1.60. The monoisotopic (exact) mass is 280 g/mol. The first-order valence-corrected chi connectivity index (χ1v) is 7.84. The second kappa shape index (κ2) is 5.98. The zero-order chi connectivity index (χ0) is 13.1. The van der Waals surface area contributed by atoms with Crippen LogP contribution in [0.25, 0.3) is 0 Å². The lowest BCUT2D eigenvalue weighted by Gasteiger charge is -2.13. The van der Waals surface area contributed by atoms with Gasteiger partial charge in [0, 0.05) is 37.4 Å². The minimum absolute atomic E-state index is 0.0888. The second-order valence-electron chi connectivity index (χ2n) is 5.16. The maximum atomic E-state index is 11.9. The van der Waals surface area contributed by atoms with Crippen LogP contribution in [0, 0.1) is 0 Å². The highest BCUT2D eigenvalue weighted by atomic mass is 32.1. The van der Waals surface area contributed by atoms with Crippen LogP contribution in [-0.2, 0) is 17.8 Å². The van der Waals surface area contributed by atoms with Crippen molar-refractivity contribution in [3.63, 3.8) is 0 Å². The summed E-state index contributed by atoms with van der Waals surface area (Å²) in [6.07, 6.45) is 4.08. The zero-order valence-corrected chi connectivity index (χ0v) is 11.9. The van der Waals surface area contributed by atoms with E-state index in [0.29, 0.717) is 6.42 Å². The zero-order valence-electron chi connectivity index (χ0n) is 11.1. The molecule has 0 spiro atoms. The average Bonchev–Trinajstić information content (AvgIpc) is 3.04. The number of carbonyl (C=O) groups is 1. The molecule has 0 saturated carbocycles. The number of thiazole rings is 1. The highest BCUT2D eigenvalue weighted by Gasteiger charge is 2.17. The summed E-state index contributed by atoms with van der Waals surface area (Å²) in [5.74, 6) is 0.0888. The quantitative estimate of drug-likeness (QED) is 0.870. The second-order valence-corrected chi connectivity index (χ2v) is 6.25. The number of carbonyl (C=O) groups excluding carboxylic acids is 1. The molecular weight excluding hydrogens is 260 g/mol. The van der Waals surface area contributed by atoms with Crippen LogP contribution in [0.2, 0.25) is 0 Å². The van der Waals surface area contributed by atoms with E-state index in [1.54, 1.807) is 11.3 Å². The molecule has 2 aliphatic heterocycles. The highest BCUT2D eigenvalue weighted by molar-refractivity contribution is 7.15. The molecule has 1 fully saturated rings. The van der Waals surface area contributed by atoms with E-state index >= 15 is 0 Å². The number of aromatic nitrogens is 1. The fourth-order valence-corrected chi connectivity index (χ4v) is 3.62. The molecule has 3 heterocycles. The number of nitrogens with zero attached hydrogens (tertiary/aromatic N) is 2. The van der Waals surface area contributed by atoms with Gasteiger partial charge >= 0.3 is 0 Å². The van der Waals surface area contributed by atoms with Gasteiger partial charge in [-0.1, -0.05) is 0 Å². The largest absolute Gasteiger partial charge is 0.311 e. The van der Waals surface area contributed by atoms with E-state index in [1.807, 2.05) is 0 Å². The lowest BCUT2D eigenvalue weighted by atomic mass is 10.2. The molecule has 1 amide bonds. The molecule has 104 valence electrons. The number of nitrogens with one attached hydrogen (secondary N) is 2. The van der Waals surface area contributed by atoms with E-state index in [2.05, 4.69) is 20.5 Å². The molecular formula is C13H20N4OS. The van der Waals surface area contributed by atoms with Crippen LogP contribution in [0.5, 0.6) is 0 Å². The minimum atomic E-state index is 0.0888. The molecule has 19 heavy (non-hydrogen) atoms. The molecule has 0 bridgehead atoms. The third-order valence-corrected chi connectivity index (χ3v) is 4.72. The Balaban J connectivity index is 1.49. The number of fused-ring (bicyclic) bond motifs is 1. The van der Waals surface area contributed by atoms with Gasteiger partial charge in [-0.05, 0) is 25.9 Å².